The van der Waals surface area contributed by atoms with Crippen molar-refractivity contribution in [3.8, 4) is 0 Å². The fourth-order valence-corrected chi connectivity index (χ4v) is 2.48. The Morgan fingerprint density at radius 1 is 1.47 bits per heavy atom. The van der Waals surface area contributed by atoms with Gasteiger partial charge in [0, 0.05) is 13.0 Å². The summed E-state index contributed by atoms with van der Waals surface area (Å²) < 4.78 is 13.5. The van der Waals surface area contributed by atoms with Crippen LogP contribution < -0.4 is 5.32 Å². The number of rotatable bonds is 4. The molecule has 0 bridgehead atoms. The third-order valence-electron chi connectivity index (χ3n) is 2.38. The summed E-state index contributed by atoms with van der Waals surface area (Å²) in [5, 5.41) is 12.2. The summed E-state index contributed by atoms with van der Waals surface area (Å²) >= 11 is 7.27. The predicted molar refractivity (Wildman–Crippen MR) is 72.1 cm³/mol. The number of carbonyl (C=O) groups is 1. The maximum absolute atomic E-state index is 13.5. The standard InChI is InChI=1S/C12H11ClFN3OS/c1-7-16-17-10(19-7)5-6-15-12(18)11-8(13)3-2-4-9(11)14/h2-4H,5-6H2,1H3,(H,15,18). The molecule has 0 unspecified atom stereocenters. The lowest BCUT2D eigenvalue weighted by Crippen LogP contribution is -2.26. The maximum Gasteiger partial charge on any atom is 0.255 e. The summed E-state index contributed by atoms with van der Waals surface area (Å²) in [4.78, 5) is 11.8. The van der Waals surface area contributed by atoms with Crippen molar-refractivity contribution in [3.63, 3.8) is 0 Å². The molecule has 0 saturated heterocycles. The van der Waals surface area contributed by atoms with Gasteiger partial charge in [-0.05, 0) is 19.1 Å². The first-order valence-electron chi connectivity index (χ1n) is 5.59. The average Bonchev–Trinajstić information content (AvgIpc) is 2.75. The smallest absolute Gasteiger partial charge is 0.255 e. The highest BCUT2D eigenvalue weighted by molar-refractivity contribution is 7.11. The molecule has 2 aromatic rings. The molecular weight excluding hydrogens is 289 g/mol. The summed E-state index contributed by atoms with van der Waals surface area (Å²) in [5.41, 5.74) is -0.127. The Labute approximate surface area is 118 Å². The maximum atomic E-state index is 13.5. The SMILES string of the molecule is Cc1nnc(CCNC(=O)c2c(F)cccc2Cl)s1. The van der Waals surface area contributed by atoms with Gasteiger partial charge in [-0.1, -0.05) is 17.7 Å². The van der Waals surface area contributed by atoms with Gasteiger partial charge in [-0.25, -0.2) is 4.39 Å². The van der Waals surface area contributed by atoms with E-state index >= 15 is 0 Å². The molecule has 0 aliphatic carbocycles. The van der Waals surface area contributed by atoms with Crippen LogP contribution in [-0.2, 0) is 6.42 Å². The van der Waals surface area contributed by atoms with Gasteiger partial charge >= 0.3 is 0 Å². The van der Waals surface area contributed by atoms with Crippen LogP contribution in [0.4, 0.5) is 4.39 Å². The Bertz CT molecular complexity index is 582. The highest BCUT2D eigenvalue weighted by Gasteiger charge is 2.15. The number of aromatic nitrogens is 2. The lowest BCUT2D eigenvalue weighted by atomic mass is 10.2. The number of hydrogen-bond donors (Lipinski definition) is 1. The van der Waals surface area contributed by atoms with Gasteiger partial charge in [0.1, 0.15) is 15.8 Å². The summed E-state index contributed by atoms with van der Waals surface area (Å²) in [7, 11) is 0. The van der Waals surface area contributed by atoms with Crippen molar-refractivity contribution in [1.29, 1.82) is 0 Å². The molecule has 0 aliphatic heterocycles. The fraction of sp³-hybridized carbons (Fsp3) is 0.250. The minimum absolute atomic E-state index is 0.101. The zero-order valence-corrected chi connectivity index (χ0v) is 11.7. The van der Waals surface area contributed by atoms with Crippen LogP contribution in [0.15, 0.2) is 18.2 Å². The van der Waals surface area contributed by atoms with E-state index in [-0.39, 0.29) is 10.6 Å². The second-order valence-corrected chi connectivity index (χ2v) is 5.49. The molecule has 19 heavy (non-hydrogen) atoms. The van der Waals surface area contributed by atoms with E-state index in [1.807, 2.05) is 6.92 Å². The summed E-state index contributed by atoms with van der Waals surface area (Å²) in [6.07, 6.45) is 0.559. The van der Waals surface area contributed by atoms with E-state index in [4.69, 9.17) is 11.6 Å². The molecule has 0 fully saturated rings. The minimum atomic E-state index is -0.628. The molecule has 1 amide bonds. The van der Waals surface area contributed by atoms with Crippen molar-refractivity contribution >= 4 is 28.8 Å². The van der Waals surface area contributed by atoms with Crippen LogP contribution in [0.1, 0.15) is 20.4 Å². The van der Waals surface area contributed by atoms with Gasteiger partial charge in [0.2, 0.25) is 0 Å². The molecule has 0 radical (unpaired) electrons. The average molecular weight is 300 g/mol. The first kappa shape index (κ1) is 13.9. The number of nitrogens with one attached hydrogen (secondary N) is 1. The van der Waals surface area contributed by atoms with Crippen LogP contribution in [0.25, 0.3) is 0 Å². The molecule has 1 aromatic carbocycles. The molecule has 1 heterocycles. The fourth-order valence-electron chi connectivity index (χ4n) is 1.52. The highest BCUT2D eigenvalue weighted by Crippen LogP contribution is 2.18. The van der Waals surface area contributed by atoms with Crippen molar-refractivity contribution in [1.82, 2.24) is 15.5 Å². The Morgan fingerprint density at radius 3 is 2.89 bits per heavy atom. The number of amides is 1. The van der Waals surface area contributed by atoms with Gasteiger partial charge in [0.15, 0.2) is 0 Å². The lowest BCUT2D eigenvalue weighted by Gasteiger charge is -2.06. The van der Waals surface area contributed by atoms with Crippen molar-refractivity contribution in [2.45, 2.75) is 13.3 Å². The normalized spacial score (nSPS) is 10.5. The van der Waals surface area contributed by atoms with Gasteiger partial charge in [0.25, 0.3) is 5.91 Å². The molecule has 7 heteroatoms. The third kappa shape index (κ3) is 3.48. The molecular formula is C12H11ClFN3OS. The van der Waals surface area contributed by atoms with E-state index in [9.17, 15) is 9.18 Å². The van der Waals surface area contributed by atoms with Crippen LogP contribution >= 0.6 is 22.9 Å². The lowest BCUT2D eigenvalue weighted by molar-refractivity contribution is 0.0950. The third-order valence-corrected chi connectivity index (χ3v) is 3.60. The van der Waals surface area contributed by atoms with Crippen LogP contribution in [0, 0.1) is 12.7 Å². The van der Waals surface area contributed by atoms with E-state index in [2.05, 4.69) is 15.5 Å². The van der Waals surface area contributed by atoms with Gasteiger partial charge in [-0.3, -0.25) is 4.79 Å². The molecule has 100 valence electrons. The van der Waals surface area contributed by atoms with E-state index in [0.29, 0.717) is 13.0 Å². The Hall–Kier alpha value is -1.53. The molecule has 0 spiro atoms. The molecule has 4 nitrogen and oxygen atoms in total. The number of nitrogens with zero attached hydrogens (tertiary/aromatic N) is 2. The predicted octanol–water partition coefficient (Wildman–Crippen LogP) is 2.61. The van der Waals surface area contributed by atoms with Crippen LogP contribution in [-0.4, -0.2) is 22.6 Å². The summed E-state index contributed by atoms with van der Waals surface area (Å²) in [6.45, 7) is 2.22. The molecule has 2 rings (SSSR count). The molecule has 0 saturated carbocycles. The second kappa shape index (κ2) is 6.08. The molecule has 0 atom stereocenters. The monoisotopic (exact) mass is 299 g/mol. The zero-order valence-electron chi connectivity index (χ0n) is 10.1. The van der Waals surface area contributed by atoms with Crippen molar-refractivity contribution in [2.24, 2.45) is 0 Å². The highest BCUT2D eigenvalue weighted by atomic mass is 35.5. The van der Waals surface area contributed by atoms with Crippen LogP contribution in [0.5, 0.6) is 0 Å². The Kier molecular flexibility index (Phi) is 4.44. The number of carbonyl (C=O) groups excluding carboxylic acids is 1. The van der Waals surface area contributed by atoms with Gasteiger partial charge in [-0.15, -0.1) is 21.5 Å². The number of halogens is 2. The van der Waals surface area contributed by atoms with Crippen LogP contribution in [0.3, 0.4) is 0 Å². The minimum Gasteiger partial charge on any atom is -0.351 e. The largest absolute Gasteiger partial charge is 0.351 e. The van der Waals surface area contributed by atoms with E-state index in [1.54, 1.807) is 0 Å². The Morgan fingerprint density at radius 2 is 2.26 bits per heavy atom. The second-order valence-electron chi connectivity index (χ2n) is 3.82. The van der Waals surface area contributed by atoms with E-state index in [0.717, 1.165) is 10.0 Å². The Balaban J connectivity index is 1.94. The summed E-state index contributed by atoms with van der Waals surface area (Å²) in [6, 6.07) is 4.14. The summed E-state index contributed by atoms with van der Waals surface area (Å²) in [5.74, 6) is -1.15. The van der Waals surface area contributed by atoms with E-state index < -0.39 is 11.7 Å². The molecule has 1 aromatic heterocycles. The number of aryl methyl sites for hydroxylation is 1. The molecule has 0 aliphatic rings. The van der Waals surface area contributed by atoms with E-state index in [1.165, 1.54) is 29.5 Å². The van der Waals surface area contributed by atoms with Gasteiger partial charge < -0.3 is 5.32 Å². The number of benzene rings is 1. The topological polar surface area (TPSA) is 54.9 Å². The quantitative estimate of drug-likeness (QED) is 0.944. The van der Waals surface area contributed by atoms with Gasteiger partial charge in [0.05, 0.1) is 10.6 Å². The van der Waals surface area contributed by atoms with Crippen LogP contribution in [0.2, 0.25) is 5.02 Å². The van der Waals surface area contributed by atoms with Crippen molar-refractivity contribution in [2.75, 3.05) is 6.54 Å². The zero-order chi connectivity index (χ0) is 13.8. The van der Waals surface area contributed by atoms with Crippen molar-refractivity contribution in [3.05, 3.63) is 44.6 Å². The first-order chi connectivity index (χ1) is 9.08. The molecule has 1 N–H and O–H groups in total. The first-order valence-corrected chi connectivity index (χ1v) is 6.78. The number of hydrogen-bond acceptors (Lipinski definition) is 4. The van der Waals surface area contributed by atoms with Crippen molar-refractivity contribution < 1.29 is 9.18 Å². The van der Waals surface area contributed by atoms with Gasteiger partial charge in [-0.2, -0.15) is 0 Å².